The largest absolute Gasteiger partial charge is 0.480 e. The highest BCUT2D eigenvalue weighted by molar-refractivity contribution is 9.10. The van der Waals surface area contributed by atoms with E-state index in [1.807, 2.05) is 31.2 Å². The zero-order valence-electron chi connectivity index (χ0n) is 10.8. The van der Waals surface area contributed by atoms with Crippen LogP contribution in [0.15, 0.2) is 28.7 Å². The number of halogens is 1. The summed E-state index contributed by atoms with van der Waals surface area (Å²) in [5.74, 6) is -1.41. The van der Waals surface area contributed by atoms with Gasteiger partial charge < -0.3 is 15.7 Å². The molecule has 1 rings (SSSR count). The van der Waals surface area contributed by atoms with E-state index < -0.39 is 12.0 Å². The van der Waals surface area contributed by atoms with Gasteiger partial charge in [0.2, 0.25) is 5.91 Å². The van der Waals surface area contributed by atoms with Crippen molar-refractivity contribution in [1.82, 2.24) is 10.6 Å². The molecule has 0 aliphatic rings. The van der Waals surface area contributed by atoms with Crippen LogP contribution in [0.4, 0.5) is 0 Å². The zero-order valence-corrected chi connectivity index (χ0v) is 12.4. The first kappa shape index (κ1) is 15.7. The van der Waals surface area contributed by atoms with E-state index in [4.69, 9.17) is 5.11 Å². The Morgan fingerprint density at radius 2 is 2.11 bits per heavy atom. The molecule has 0 saturated heterocycles. The number of rotatable bonds is 6. The van der Waals surface area contributed by atoms with Crippen molar-refractivity contribution < 1.29 is 14.7 Å². The first-order chi connectivity index (χ1) is 8.90. The first-order valence-electron chi connectivity index (χ1n) is 5.89. The van der Waals surface area contributed by atoms with Crippen molar-refractivity contribution >= 4 is 27.8 Å². The molecule has 0 fully saturated rings. The molecule has 0 saturated carbocycles. The number of aliphatic carboxylic acids is 1. The standard InChI is InChI=1S/C13H17BrN2O3/c1-8(10-4-3-5-11(14)6-10)15-7-12(13(18)19)16-9(2)17/h3-6,8,12,15H,7H2,1-2H3,(H,16,17)(H,18,19)/t8-,12?/m0/s1. The minimum atomic E-state index is -1.05. The maximum atomic E-state index is 11.0. The van der Waals surface area contributed by atoms with Crippen molar-refractivity contribution in [3.63, 3.8) is 0 Å². The van der Waals surface area contributed by atoms with E-state index in [-0.39, 0.29) is 18.5 Å². The van der Waals surface area contributed by atoms with Gasteiger partial charge in [0.25, 0.3) is 0 Å². The molecule has 1 aromatic rings. The zero-order chi connectivity index (χ0) is 14.4. The highest BCUT2D eigenvalue weighted by Crippen LogP contribution is 2.17. The Morgan fingerprint density at radius 1 is 1.42 bits per heavy atom. The number of hydrogen-bond acceptors (Lipinski definition) is 3. The molecule has 0 heterocycles. The molecule has 1 unspecified atom stereocenters. The number of carbonyl (C=O) groups excluding carboxylic acids is 1. The number of benzene rings is 1. The molecule has 0 aliphatic carbocycles. The molecule has 5 nitrogen and oxygen atoms in total. The van der Waals surface area contributed by atoms with Crippen LogP contribution in [0.1, 0.15) is 25.5 Å². The number of amides is 1. The maximum absolute atomic E-state index is 11.0. The Morgan fingerprint density at radius 3 is 2.63 bits per heavy atom. The fourth-order valence-corrected chi connectivity index (χ4v) is 2.05. The molecular formula is C13H17BrN2O3. The lowest BCUT2D eigenvalue weighted by molar-refractivity contribution is -0.141. The van der Waals surface area contributed by atoms with Gasteiger partial charge in [-0.25, -0.2) is 4.79 Å². The predicted octanol–water partition coefficient (Wildman–Crippen LogP) is 1.69. The lowest BCUT2D eigenvalue weighted by atomic mass is 10.1. The van der Waals surface area contributed by atoms with Crippen LogP contribution in [-0.2, 0) is 9.59 Å². The first-order valence-corrected chi connectivity index (χ1v) is 6.68. The van der Waals surface area contributed by atoms with Crippen molar-refractivity contribution in [2.24, 2.45) is 0 Å². The molecule has 0 spiro atoms. The molecule has 104 valence electrons. The summed E-state index contributed by atoms with van der Waals surface area (Å²) in [4.78, 5) is 21.9. The SMILES string of the molecule is CC(=O)NC(CN[C@@H](C)c1cccc(Br)c1)C(=O)O. The second kappa shape index (κ2) is 7.25. The van der Waals surface area contributed by atoms with Crippen LogP contribution in [0, 0.1) is 0 Å². The van der Waals surface area contributed by atoms with E-state index in [1.54, 1.807) is 0 Å². The molecule has 2 atom stereocenters. The second-order valence-electron chi connectivity index (χ2n) is 4.28. The van der Waals surface area contributed by atoms with Gasteiger partial charge in [0.1, 0.15) is 6.04 Å². The molecule has 0 bridgehead atoms. The van der Waals surface area contributed by atoms with Gasteiger partial charge >= 0.3 is 5.97 Å². The average Bonchev–Trinajstić information content (AvgIpc) is 2.33. The van der Waals surface area contributed by atoms with E-state index in [0.29, 0.717) is 0 Å². The van der Waals surface area contributed by atoms with Crippen LogP contribution in [0.25, 0.3) is 0 Å². The summed E-state index contributed by atoms with van der Waals surface area (Å²) in [5, 5.41) is 14.5. The summed E-state index contributed by atoms with van der Waals surface area (Å²) < 4.78 is 0.968. The maximum Gasteiger partial charge on any atom is 0.327 e. The van der Waals surface area contributed by atoms with Crippen LogP contribution in [0.2, 0.25) is 0 Å². The van der Waals surface area contributed by atoms with E-state index in [2.05, 4.69) is 26.6 Å². The number of carbonyl (C=O) groups is 2. The molecule has 6 heteroatoms. The van der Waals surface area contributed by atoms with Crippen molar-refractivity contribution in [3.05, 3.63) is 34.3 Å². The third-order valence-corrected chi connectivity index (χ3v) is 3.15. The van der Waals surface area contributed by atoms with Crippen molar-refractivity contribution in [2.75, 3.05) is 6.54 Å². The fourth-order valence-electron chi connectivity index (χ4n) is 1.63. The van der Waals surface area contributed by atoms with Gasteiger partial charge in [-0.15, -0.1) is 0 Å². The van der Waals surface area contributed by atoms with E-state index in [1.165, 1.54) is 6.92 Å². The van der Waals surface area contributed by atoms with E-state index in [0.717, 1.165) is 10.0 Å². The lowest BCUT2D eigenvalue weighted by Gasteiger charge is -2.19. The molecule has 0 aliphatic heterocycles. The van der Waals surface area contributed by atoms with Crippen molar-refractivity contribution in [2.45, 2.75) is 25.9 Å². The van der Waals surface area contributed by atoms with E-state index in [9.17, 15) is 9.59 Å². The van der Waals surface area contributed by atoms with Crippen LogP contribution >= 0.6 is 15.9 Å². The van der Waals surface area contributed by atoms with Crippen molar-refractivity contribution in [1.29, 1.82) is 0 Å². The highest BCUT2D eigenvalue weighted by Gasteiger charge is 2.19. The Kier molecular flexibility index (Phi) is 5.98. The van der Waals surface area contributed by atoms with Gasteiger partial charge in [0.15, 0.2) is 0 Å². The summed E-state index contributed by atoms with van der Waals surface area (Å²) in [7, 11) is 0. The number of hydrogen-bond donors (Lipinski definition) is 3. The Hall–Kier alpha value is -1.40. The van der Waals surface area contributed by atoms with Crippen LogP contribution in [0.5, 0.6) is 0 Å². The third-order valence-electron chi connectivity index (χ3n) is 2.65. The molecule has 0 aromatic heterocycles. The number of nitrogens with one attached hydrogen (secondary N) is 2. The van der Waals surface area contributed by atoms with Crippen molar-refractivity contribution in [3.8, 4) is 0 Å². The summed E-state index contributed by atoms with van der Waals surface area (Å²) in [5.41, 5.74) is 1.04. The molecule has 19 heavy (non-hydrogen) atoms. The molecule has 0 radical (unpaired) electrons. The molecule has 1 amide bonds. The minimum absolute atomic E-state index is 0.00638. The monoisotopic (exact) mass is 328 g/mol. The quantitative estimate of drug-likeness (QED) is 0.742. The van der Waals surface area contributed by atoms with Gasteiger partial charge in [-0.05, 0) is 24.6 Å². The fraction of sp³-hybridized carbons (Fsp3) is 0.385. The summed E-state index contributed by atoms with van der Waals surface area (Å²) in [6.07, 6.45) is 0. The normalized spacial score (nSPS) is 13.6. The second-order valence-corrected chi connectivity index (χ2v) is 5.19. The topological polar surface area (TPSA) is 78.4 Å². The summed E-state index contributed by atoms with van der Waals surface area (Å²) >= 11 is 3.39. The van der Waals surface area contributed by atoms with E-state index >= 15 is 0 Å². The van der Waals surface area contributed by atoms with Gasteiger partial charge in [0, 0.05) is 24.0 Å². The Bertz CT molecular complexity index is 465. The summed E-state index contributed by atoms with van der Waals surface area (Å²) in [6, 6.07) is 6.83. The summed E-state index contributed by atoms with van der Waals surface area (Å²) in [6.45, 7) is 3.41. The molecule has 1 aromatic carbocycles. The van der Waals surface area contributed by atoms with Gasteiger partial charge in [-0.3, -0.25) is 4.79 Å². The number of carboxylic acids is 1. The Balaban J connectivity index is 2.59. The predicted molar refractivity (Wildman–Crippen MR) is 75.8 cm³/mol. The lowest BCUT2D eigenvalue weighted by Crippen LogP contribution is -2.46. The van der Waals surface area contributed by atoms with Crippen LogP contribution < -0.4 is 10.6 Å². The van der Waals surface area contributed by atoms with Gasteiger partial charge in [-0.1, -0.05) is 28.1 Å². The smallest absolute Gasteiger partial charge is 0.327 e. The highest BCUT2D eigenvalue weighted by atomic mass is 79.9. The average molecular weight is 329 g/mol. The van der Waals surface area contributed by atoms with Crippen LogP contribution in [-0.4, -0.2) is 29.6 Å². The minimum Gasteiger partial charge on any atom is -0.480 e. The van der Waals surface area contributed by atoms with Gasteiger partial charge in [-0.2, -0.15) is 0 Å². The number of carboxylic acid groups (broad SMARTS) is 1. The Labute approximate surface area is 120 Å². The molecular weight excluding hydrogens is 312 g/mol. The van der Waals surface area contributed by atoms with Crippen LogP contribution in [0.3, 0.4) is 0 Å². The molecule has 3 N–H and O–H groups in total. The van der Waals surface area contributed by atoms with Gasteiger partial charge in [0.05, 0.1) is 0 Å². The third kappa shape index (κ3) is 5.40.